The third-order valence-electron chi connectivity index (χ3n) is 4.34. The Morgan fingerprint density at radius 3 is 2.75 bits per heavy atom. The summed E-state index contributed by atoms with van der Waals surface area (Å²) in [6, 6.07) is 6.86. The van der Waals surface area contributed by atoms with Crippen LogP contribution in [0.15, 0.2) is 29.1 Å². The Kier molecular flexibility index (Phi) is 2.89. The Labute approximate surface area is 117 Å². The van der Waals surface area contributed by atoms with Crippen LogP contribution in [-0.2, 0) is 7.05 Å². The summed E-state index contributed by atoms with van der Waals surface area (Å²) in [5.41, 5.74) is 3.50. The molecule has 0 saturated carbocycles. The third-order valence-corrected chi connectivity index (χ3v) is 4.34. The van der Waals surface area contributed by atoms with E-state index in [4.69, 9.17) is 0 Å². The zero-order valence-corrected chi connectivity index (χ0v) is 11.9. The average molecular weight is 270 g/mol. The molecule has 104 valence electrons. The van der Waals surface area contributed by atoms with E-state index >= 15 is 0 Å². The monoisotopic (exact) mass is 270 g/mol. The van der Waals surface area contributed by atoms with E-state index in [1.54, 1.807) is 12.1 Å². The maximum absolute atomic E-state index is 12.2. The third kappa shape index (κ3) is 1.75. The van der Waals surface area contributed by atoms with Crippen LogP contribution in [0.5, 0.6) is 0 Å². The van der Waals surface area contributed by atoms with Crippen molar-refractivity contribution < 1.29 is 4.79 Å². The van der Waals surface area contributed by atoms with Gasteiger partial charge in [-0.2, -0.15) is 0 Å². The van der Waals surface area contributed by atoms with Crippen molar-refractivity contribution in [3.05, 3.63) is 45.7 Å². The van der Waals surface area contributed by atoms with E-state index in [1.165, 1.54) is 6.07 Å². The number of benzene rings is 1. The number of nitrogens with zero attached hydrogens (tertiary/aromatic N) is 1. The van der Waals surface area contributed by atoms with Gasteiger partial charge in [-0.1, -0.05) is 20.3 Å². The highest BCUT2D eigenvalue weighted by Gasteiger charge is 2.34. The zero-order valence-electron chi connectivity index (χ0n) is 11.9. The van der Waals surface area contributed by atoms with E-state index in [0.717, 1.165) is 28.9 Å². The van der Waals surface area contributed by atoms with Gasteiger partial charge in [0, 0.05) is 13.1 Å². The summed E-state index contributed by atoms with van der Waals surface area (Å²) >= 11 is 0. The number of amides is 1. The van der Waals surface area contributed by atoms with Crippen molar-refractivity contribution >= 4 is 5.91 Å². The Morgan fingerprint density at radius 1 is 1.30 bits per heavy atom. The van der Waals surface area contributed by atoms with E-state index in [9.17, 15) is 9.59 Å². The van der Waals surface area contributed by atoms with Gasteiger partial charge in [0.1, 0.15) is 0 Å². The normalized spacial score (nSPS) is 18.9. The fourth-order valence-corrected chi connectivity index (χ4v) is 2.97. The quantitative estimate of drug-likeness (QED) is 0.910. The topological polar surface area (TPSA) is 51.1 Å². The predicted octanol–water partition coefficient (Wildman–Crippen LogP) is 2.32. The van der Waals surface area contributed by atoms with Gasteiger partial charge in [-0.25, -0.2) is 0 Å². The molecule has 2 aliphatic heterocycles. The molecule has 1 aliphatic carbocycles. The molecular weight excluding hydrogens is 252 g/mol. The van der Waals surface area contributed by atoms with Crippen molar-refractivity contribution in [2.24, 2.45) is 13.0 Å². The van der Waals surface area contributed by atoms with Crippen LogP contribution in [0.1, 0.15) is 42.4 Å². The Hall–Kier alpha value is -2.10. The van der Waals surface area contributed by atoms with Gasteiger partial charge in [-0.15, -0.1) is 0 Å². The van der Waals surface area contributed by atoms with Crippen molar-refractivity contribution in [2.75, 3.05) is 0 Å². The molecule has 0 radical (unpaired) electrons. The van der Waals surface area contributed by atoms with Crippen molar-refractivity contribution in [3.8, 4) is 11.3 Å². The van der Waals surface area contributed by atoms with Crippen LogP contribution in [0.3, 0.4) is 0 Å². The minimum atomic E-state index is -0.0194. The lowest BCUT2D eigenvalue weighted by Gasteiger charge is -2.23. The maximum Gasteiger partial charge on any atom is 0.253 e. The van der Waals surface area contributed by atoms with Gasteiger partial charge < -0.3 is 9.88 Å². The van der Waals surface area contributed by atoms with E-state index in [1.807, 2.05) is 17.7 Å². The van der Waals surface area contributed by atoms with Gasteiger partial charge >= 0.3 is 0 Å². The molecular formula is C16H18N2O2. The second-order valence-electron chi connectivity index (χ2n) is 5.56. The first-order valence-electron chi connectivity index (χ1n) is 6.97. The highest BCUT2D eigenvalue weighted by Crippen LogP contribution is 2.36. The number of nitrogens with one attached hydrogen (secondary N) is 1. The maximum atomic E-state index is 12.2. The molecule has 0 aromatic heterocycles. The largest absolute Gasteiger partial charge is 0.345 e. The number of aromatic nitrogens is 1. The number of rotatable bonds is 2. The Morgan fingerprint density at radius 2 is 2.05 bits per heavy atom. The second kappa shape index (κ2) is 4.47. The molecule has 0 fully saturated rings. The molecule has 2 heterocycles. The standard InChI is InChI=1S/C16H18N2O2/c1-4-9(2)14-15-12(16(20)17-14)7-10-5-6-11(19)8-13(10)18(15)3/h5-9,14H,4H2,1-3H3,(H,17,20)/t9-,14-/m1/s1. The molecule has 1 N–H and O–H groups in total. The Balaban J connectivity index is 2.30. The predicted molar refractivity (Wildman–Crippen MR) is 78.0 cm³/mol. The summed E-state index contributed by atoms with van der Waals surface area (Å²) in [5.74, 6) is 0.341. The molecule has 20 heavy (non-hydrogen) atoms. The van der Waals surface area contributed by atoms with Gasteiger partial charge in [-0.05, 0) is 29.7 Å². The molecule has 0 aromatic rings. The Bertz CT molecular complexity index is 717. The molecule has 1 amide bonds. The number of hydrogen-bond acceptors (Lipinski definition) is 2. The average Bonchev–Trinajstić information content (AvgIpc) is 2.77. The fourth-order valence-electron chi connectivity index (χ4n) is 2.97. The van der Waals surface area contributed by atoms with Crippen molar-refractivity contribution in [3.63, 3.8) is 0 Å². The molecule has 0 bridgehead atoms. The van der Waals surface area contributed by atoms with E-state index in [0.29, 0.717) is 5.92 Å². The molecule has 2 atom stereocenters. The minimum Gasteiger partial charge on any atom is -0.345 e. The molecule has 0 unspecified atom stereocenters. The highest BCUT2D eigenvalue weighted by atomic mass is 16.2. The zero-order chi connectivity index (χ0) is 14.4. The van der Waals surface area contributed by atoms with Crippen LogP contribution in [0, 0.1) is 5.92 Å². The molecule has 3 rings (SSSR count). The number of fused-ring (bicyclic) bond motifs is 2. The van der Waals surface area contributed by atoms with Gasteiger partial charge in [0.2, 0.25) is 0 Å². The molecule has 0 spiro atoms. The summed E-state index contributed by atoms with van der Waals surface area (Å²) in [6.07, 6.45) is 0.990. The van der Waals surface area contributed by atoms with Crippen LogP contribution in [0.4, 0.5) is 0 Å². The van der Waals surface area contributed by atoms with Crippen molar-refractivity contribution in [1.29, 1.82) is 0 Å². The molecule has 4 nitrogen and oxygen atoms in total. The van der Waals surface area contributed by atoms with Gasteiger partial charge in [0.25, 0.3) is 5.91 Å². The lowest BCUT2D eigenvalue weighted by atomic mass is 9.94. The van der Waals surface area contributed by atoms with Gasteiger partial charge in [-0.3, -0.25) is 9.59 Å². The molecule has 3 aliphatic rings. The summed E-state index contributed by atoms with van der Waals surface area (Å²) < 4.78 is 1.99. The first-order valence-corrected chi connectivity index (χ1v) is 6.97. The number of carbonyl (C=O) groups excluding carboxylic acids is 1. The number of hydrogen-bond donors (Lipinski definition) is 1. The van der Waals surface area contributed by atoms with Crippen LogP contribution >= 0.6 is 0 Å². The second-order valence-corrected chi connectivity index (χ2v) is 5.56. The summed E-state index contributed by atoms with van der Waals surface area (Å²) in [4.78, 5) is 23.7. The van der Waals surface area contributed by atoms with Crippen molar-refractivity contribution in [1.82, 2.24) is 9.88 Å². The molecule has 4 heteroatoms. The van der Waals surface area contributed by atoms with Crippen LogP contribution in [0.2, 0.25) is 0 Å². The first-order chi connectivity index (χ1) is 9.52. The van der Waals surface area contributed by atoms with E-state index < -0.39 is 0 Å². The smallest absolute Gasteiger partial charge is 0.253 e. The van der Waals surface area contributed by atoms with Gasteiger partial charge in [0.05, 0.1) is 23.0 Å². The minimum absolute atomic E-state index is 0.00887. The lowest BCUT2D eigenvalue weighted by molar-refractivity contribution is 0.0947. The van der Waals surface area contributed by atoms with E-state index in [-0.39, 0.29) is 17.4 Å². The number of carbonyl (C=O) groups is 1. The highest BCUT2D eigenvalue weighted by molar-refractivity contribution is 6.00. The fraction of sp³-hybridized carbons (Fsp3) is 0.375. The van der Waals surface area contributed by atoms with Gasteiger partial charge in [0.15, 0.2) is 5.43 Å². The van der Waals surface area contributed by atoms with Crippen LogP contribution in [0.25, 0.3) is 11.3 Å². The summed E-state index contributed by atoms with van der Waals surface area (Å²) in [7, 11) is 1.93. The van der Waals surface area contributed by atoms with E-state index in [2.05, 4.69) is 19.2 Å². The molecule has 0 aromatic carbocycles. The number of pyridine rings is 1. The SMILES string of the molecule is CC[C@@H](C)[C@H]1NC(=O)c2cc3ccc(=O)cc-3n(C)c21. The molecule has 0 saturated heterocycles. The first kappa shape index (κ1) is 12.9. The lowest BCUT2D eigenvalue weighted by Crippen LogP contribution is -2.25. The summed E-state index contributed by atoms with van der Waals surface area (Å²) in [5, 5.41) is 3.06. The van der Waals surface area contributed by atoms with Crippen molar-refractivity contribution in [2.45, 2.75) is 26.3 Å². The van der Waals surface area contributed by atoms with Crippen LogP contribution in [-0.4, -0.2) is 10.5 Å². The summed E-state index contributed by atoms with van der Waals surface area (Å²) in [6.45, 7) is 4.25. The van der Waals surface area contributed by atoms with Crippen LogP contribution < -0.4 is 10.7 Å².